The molecule has 0 bridgehead atoms. The van der Waals surface area contributed by atoms with Crippen LogP contribution in [0.2, 0.25) is 0 Å². The summed E-state index contributed by atoms with van der Waals surface area (Å²) in [6, 6.07) is 0. The van der Waals surface area contributed by atoms with Gasteiger partial charge in [-0.25, -0.2) is 4.98 Å². The smallest absolute Gasteiger partial charge is 0.320 e. The second kappa shape index (κ2) is 6.96. The lowest BCUT2D eigenvalue weighted by Gasteiger charge is -2.01. The average Bonchev–Trinajstić information content (AvgIpc) is 3.05. The first-order valence-electron chi connectivity index (χ1n) is 6.50. The fraction of sp³-hybridized carbons (Fsp3) is 0.333. The van der Waals surface area contributed by atoms with Gasteiger partial charge in [0.15, 0.2) is 5.13 Å². The molecule has 23 heavy (non-hydrogen) atoms. The van der Waals surface area contributed by atoms with E-state index in [4.69, 9.17) is 4.74 Å². The Labute approximate surface area is 134 Å². The Kier molecular flexibility index (Phi) is 5.01. The molecule has 0 saturated heterocycles. The number of hydrogen-bond acceptors (Lipinski definition) is 8. The van der Waals surface area contributed by atoms with E-state index in [-0.39, 0.29) is 23.9 Å². The first kappa shape index (κ1) is 16.5. The van der Waals surface area contributed by atoms with Gasteiger partial charge in [0.25, 0.3) is 5.91 Å². The van der Waals surface area contributed by atoms with Crippen molar-refractivity contribution in [2.75, 3.05) is 11.9 Å². The highest BCUT2D eigenvalue weighted by atomic mass is 32.1. The minimum Gasteiger partial charge on any atom is -0.466 e. The first-order chi connectivity index (χ1) is 10.9. The van der Waals surface area contributed by atoms with Crippen LogP contribution in [0.1, 0.15) is 23.1 Å². The number of nitrogens with zero attached hydrogens (tertiary/aromatic N) is 4. The molecule has 0 atom stereocenters. The number of amides is 1. The monoisotopic (exact) mass is 339 g/mol. The van der Waals surface area contributed by atoms with Crippen LogP contribution in [0.5, 0.6) is 0 Å². The highest BCUT2D eigenvalue weighted by Gasteiger charge is 2.26. The Hall–Kier alpha value is -2.82. The first-order valence-corrected chi connectivity index (χ1v) is 7.38. The molecule has 0 fully saturated rings. The number of rotatable bonds is 6. The van der Waals surface area contributed by atoms with Gasteiger partial charge in [-0.15, -0.1) is 11.3 Å². The summed E-state index contributed by atoms with van der Waals surface area (Å²) in [6.07, 6.45) is 0.995. The number of nitrogens with one attached hydrogen (secondary N) is 1. The van der Waals surface area contributed by atoms with Crippen molar-refractivity contribution in [3.8, 4) is 0 Å². The molecule has 122 valence electrons. The lowest BCUT2D eigenvalue weighted by molar-refractivity contribution is -0.385. The molecule has 0 aliphatic rings. The summed E-state index contributed by atoms with van der Waals surface area (Å²) >= 11 is 1.10. The number of carbonyl (C=O) groups excluding carboxylic acids is 2. The number of carbonyl (C=O) groups is 2. The Morgan fingerprint density at radius 3 is 2.91 bits per heavy atom. The van der Waals surface area contributed by atoms with Crippen LogP contribution in [0, 0.1) is 10.1 Å². The number of ether oxygens (including phenoxy) is 1. The Bertz CT molecular complexity index is 753. The van der Waals surface area contributed by atoms with E-state index in [0.29, 0.717) is 5.69 Å². The minimum absolute atomic E-state index is 0.00787. The van der Waals surface area contributed by atoms with E-state index in [1.54, 1.807) is 12.3 Å². The van der Waals surface area contributed by atoms with Crippen molar-refractivity contribution >= 4 is 34.0 Å². The van der Waals surface area contributed by atoms with Crippen LogP contribution < -0.4 is 5.32 Å². The quantitative estimate of drug-likeness (QED) is 0.474. The molecule has 1 amide bonds. The zero-order valence-corrected chi connectivity index (χ0v) is 13.1. The van der Waals surface area contributed by atoms with Crippen molar-refractivity contribution in [2.45, 2.75) is 13.3 Å². The summed E-state index contributed by atoms with van der Waals surface area (Å²) in [5, 5.41) is 18.9. The molecule has 2 aromatic rings. The average molecular weight is 339 g/mol. The molecule has 0 unspecified atom stereocenters. The van der Waals surface area contributed by atoms with Gasteiger partial charge >= 0.3 is 11.7 Å². The number of esters is 1. The van der Waals surface area contributed by atoms with Crippen molar-refractivity contribution in [3.63, 3.8) is 0 Å². The maximum atomic E-state index is 12.2. The molecule has 2 heterocycles. The number of aryl methyl sites for hydroxylation is 1. The van der Waals surface area contributed by atoms with E-state index in [1.165, 1.54) is 7.05 Å². The SMILES string of the molecule is CCOC(=O)Cc1csc(NC(=O)c2c([N+](=O)[O-])cnn2C)n1. The fourth-order valence-corrected chi connectivity index (χ4v) is 2.49. The van der Waals surface area contributed by atoms with Crippen LogP contribution in [-0.2, 0) is 23.0 Å². The van der Waals surface area contributed by atoms with Gasteiger partial charge in [-0.1, -0.05) is 0 Å². The van der Waals surface area contributed by atoms with Crippen LogP contribution in [0.4, 0.5) is 10.8 Å². The second-order valence-electron chi connectivity index (χ2n) is 4.34. The lowest BCUT2D eigenvalue weighted by atomic mass is 10.3. The summed E-state index contributed by atoms with van der Waals surface area (Å²) in [6.45, 7) is 1.97. The van der Waals surface area contributed by atoms with Crippen molar-refractivity contribution in [1.29, 1.82) is 0 Å². The maximum Gasteiger partial charge on any atom is 0.320 e. The zero-order chi connectivity index (χ0) is 17.0. The number of hydrogen-bond donors (Lipinski definition) is 1. The van der Waals surface area contributed by atoms with Gasteiger partial charge in [0.05, 0.1) is 23.6 Å². The van der Waals surface area contributed by atoms with Crippen LogP contribution in [0.25, 0.3) is 0 Å². The van der Waals surface area contributed by atoms with Crippen LogP contribution in [-0.4, -0.2) is 38.2 Å². The molecule has 11 heteroatoms. The maximum absolute atomic E-state index is 12.2. The van der Waals surface area contributed by atoms with E-state index in [0.717, 1.165) is 22.2 Å². The summed E-state index contributed by atoms with van der Waals surface area (Å²) < 4.78 is 5.92. The van der Waals surface area contributed by atoms with Gasteiger partial charge in [-0.05, 0) is 6.92 Å². The van der Waals surface area contributed by atoms with Gasteiger partial charge in [-0.2, -0.15) is 5.10 Å². The fourth-order valence-electron chi connectivity index (χ4n) is 1.78. The van der Waals surface area contributed by atoms with Gasteiger partial charge in [0, 0.05) is 12.4 Å². The van der Waals surface area contributed by atoms with Crippen molar-refractivity contribution in [2.24, 2.45) is 7.05 Å². The zero-order valence-electron chi connectivity index (χ0n) is 12.3. The number of anilines is 1. The Morgan fingerprint density at radius 2 is 2.26 bits per heavy atom. The summed E-state index contributed by atoms with van der Waals surface area (Å²) in [7, 11) is 1.43. The molecular formula is C12H13N5O5S. The number of nitro groups is 1. The van der Waals surface area contributed by atoms with Gasteiger partial charge in [-0.3, -0.25) is 29.7 Å². The summed E-state index contributed by atoms with van der Waals surface area (Å²) in [5.41, 5.74) is -0.131. The molecule has 2 rings (SSSR count). The highest BCUT2D eigenvalue weighted by molar-refractivity contribution is 7.14. The van der Waals surface area contributed by atoms with Gasteiger partial charge < -0.3 is 4.74 Å². The molecule has 0 aromatic carbocycles. The molecule has 10 nitrogen and oxygen atoms in total. The van der Waals surface area contributed by atoms with E-state index in [1.807, 2.05) is 0 Å². The van der Waals surface area contributed by atoms with Crippen molar-refractivity contribution in [3.05, 3.63) is 33.1 Å². The molecule has 0 radical (unpaired) electrons. The third-order valence-electron chi connectivity index (χ3n) is 2.73. The summed E-state index contributed by atoms with van der Waals surface area (Å²) in [5.74, 6) is -1.12. The van der Waals surface area contributed by atoms with Gasteiger partial charge in [0.1, 0.15) is 6.20 Å². The Balaban J connectivity index is 2.10. The molecule has 0 aliphatic heterocycles. The summed E-state index contributed by atoms with van der Waals surface area (Å²) in [4.78, 5) is 37.8. The lowest BCUT2D eigenvalue weighted by Crippen LogP contribution is -2.17. The van der Waals surface area contributed by atoms with Crippen molar-refractivity contribution < 1.29 is 19.2 Å². The van der Waals surface area contributed by atoms with Gasteiger partial charge in [0.2, 0.25) is 5.69 Å². The van der Waals surface area contributed by atoms with E-state index in [9.17, 15) is 19.7 Å². The molecule has 0 saturated carbocycles. The predicted octanol–water partition coefficient (Wildman–Crippen LogP) is 1.14. The minimum atomic E-state index is -0.700. The van der Waals surface area contributed by atoms with E-state index in [2.05, 4.69) is 15.4 Å². The number of aromatic nitrogens is 3. The van der Waals surface area contributed by atoms with E-state index >= 15 is 0 Å². The topological polar surface area (TPSA) is 129 Å². The molecule has 1 N–H and O–H groups in total. The highest BCUT2D eigenvalue weighted by Crippen LogP contribution is 2.21. The van der Waals surface area contributed by atoms with Crippen LogP contribution in [0.15, 0.2) is 11.6 Å². The third kappa shape index (κ3) is 3.88. The third-order valence-corrected chi connectivity index (χ3v) is 3.54. The Morgan fingerprint density at radius 1 is 1.52 bits per heavy atom. The molecule has 2 aromatic heterocycles. The molecule has 0 spiro atoms. The second-order valence-corrected chi connectivity index (χ2v) is 5.20. The largest absolute Gasteiger partial charge is 0.466 e. The number of thiazole rings is 1. The molecule has 0 aliphatic carbocycles. The van der Waals surface area contributed by atoms with Crippen LogP contribution in [0.3, 0.4) is 0 Å². The van der Waals surface area contributed by atoms with E-state index < -0.39 is 22.5 Å². The van der Waals surface area contributed by atoms with Crippen molar-refractivity contribution in [1.82, 2.24) is 14.8 Å². The predicted molar refractivity (Wildman–Crippen MR) is 80.3 cm³/mol. The normalized spacial score (nSPS) is 10.3. The standard InChI is InChI=1S/C12H13N5O5S/c1-3-22-9(18)4-7-6-23-12(14-7)15-11(19)10-8(17(20)21)5-13-16(10)2/h5-6H,3-4H2,1-2H3,(H,14,15,19). The van der Waals surface area contributed by atoms with Crippen LogP contribution >= 0.6 is 11.3 Å². The molecular weight excluding hydrogens is 326 g/mol.